The minimum Gasteiger partial charge on any atom is -0.356 e. The van der Waals surface area contributed by atoms with Crippen molar-refractivity contribution in [2.75, 3.05) is 10.0 Å². The predicted octanol–water partition coefficient (Wildman–Crippen LogP) is 5.00. The first-order valence-electron chi connectivity index (χ1n) is 9.16. The Morgan fingerprint density at radius 1 is 0.931 bits per heavy atom. The van der Waals surface area contributed by atoms with E-state index >= 15 is 0 Å². The Balaban J connectivity index is 1.58. The lowest BCUT2D eigenvalue weighted by Crippen LogP contribution is -2.14. The second kappa shape index (κ2) is 7.46. The second-order valence-electron chi connectivity index (χ2n) is 6.84. The van der Waals surface area contributed by atoms with Gasteiger partial charge in [-0.25, -0.2) is 8.42 Å². The largest absolute Gasteiger partial charge is 0.356 e. The molecule has 0 heterocycles. The summed E-state index contributed by atoms with van der Waals surface area (Å²) in [5.41, 5.74) is 5.46. The van der Waals surface area contributed by atoms with E-state index in [9.17, 15) is 13.7 Å². The maximum Gasteiger partial charge on any atom is 0.261 e. The number of para-hydroxylation sites is 1. The first-order valence-corrected chi connectivity index (χ1v) is 10.6. The molecule has 0 amide bonds. The van der Waals surface area contributed by atoms with E-state index in [-0.39, 0.29) is 4.90 Å². The van der Waals surface area contributed by atoms with Crippen molar-refractivity contribution in [2.24, 2.45) is 0 Å². The fourth-order valence-electron chi connectivity index (χ4n) is 3.46. The number of fused-ring (bicyclic) bond motifs is 1. The highest BCUT2D eigenvalue weighted by Crippen LogP contribution is 2.36. The molecule has 0 spiro atoms. The molecule has 4 rings (SSSR count). The van der Waals surface area contributed by atoms with E-state index in [4.69, 9.17) is 0 Å². The van der Waals surface area contributed by atoms with Gasteiger partial charge in [-0.2, -0.15) is 5.26 Å². The van der Waals surface area contributed by atoms with E-state index in [0.29, 0.717) is 17.7 Å². The number of hydrogen-bond acceptors (Lipinski definition) is 4. The minimum absolute atomic E-state index is 0.178. The molecule has 1 aliphatic carbocycles. The summed E-state index contributed by atoms with van der Waals surface area (Å²) < 4.78 is 28.5. The van der Waals surface area contributed by atoms with Crippen molar-refractivity contribution in [3.8, 4) is 6.07 Å². The lowest BCUT2D eigenvalue weighted by atomic mass is 9.99. The van der Waals surface area contributed by atoms with Crippen LogP contribution in [0.3, 0.4) is 0 Å². The van der Waals surface area contributed by atoms with Gasteiger partial charge in [-0.1, -0.05) is 30.3 Å². The van der Waals surface area contributed by atoms with E-state index in [1.807, 2.05) is 49.4 Å². The standard InChI is InChI=1S/C23H19N3O2S/c1-16-7-14-22(21-13-8-17(15-24)23(16)21)26-29(27,28)20-11-9-19(10-12-20)25-18-5-3-2-4-6-18/h2-12,14,25-26H,13H2,1H3. The average Bonchev–Trinajstić information content (AvgIpc) is 3.17. The van der Waals surface area contributed by atoms with Gasteiger partial charge in [-0.15, -0.1) is 0 Å². The van der Waals surface area contributed by atoms with E-state index in [2.05, 4.69) is 16.1 Å². The monoisotopic (exact) mass is 401 g/mol. The Kier molecular flexibility index (Phi) is 4.83. The van der Waals surface area contributed by atoms with Crippen molar-refractivity contribution in [1.29, 1.82) is 5.26 Å². The van der Waals surface area contributed by atoms with Crippen LogP contribution in [0.4, 0.5) is 17.1 Å². The number of nitrogens with one attached hydrogen (secondary N) is 2. The smallest absolute Gasteiger partial charge is 0.261 e. The van der Waals surface area contributed by atoms with Gasteiger partial charge < -0.3 is 5.32 Å². The number of sulfonamides is 1. The van der Waals surface area contributed by atoms with E-state index in [0.717, 1.165) is 28.1 Å². The molecule has 6 heteroatoms. The normalized spacial score (nSPS) is 12.6. The van der Waals surface area contributed by atoms with Crippen molar-refractivity contribution in [3.05, 3.63) is 89.5 Å². The Morgan fingerprint density at radius 2 is 1.62 bits per heavy atom. The minimum atomic E-state index is -3.75. The predicted molar refractivity (Wildman–Crippen MR) is 115 cm³/mol. The third-order valence-electron chi connectivity index (χ3n) is 4.89. The molecular formula is C23H19N3O2S. The number of allylic oxidation sites excluding steroid dienone is 2. The molecule has 0 saturated heterocycles. The maximum atomic E-state index is 12.9. The van der Waals surface area contributed by atoms with Crippen LogP contribution in [-0.4, -0.2) is 8.42 Å². The van der Waals surface area contributed by atoms with E-state index in [1.54, 1.807) is 30.3 Å². The third kappa shape index (κ3) is 3.73. The number of anilines is 3. The molecule has 0 aromatic heterocycles. The van der Waals surface area contributed by atoms with Crippen LogP contribution in [0.25, 0.3) is 5.57 Å². The van der Waals surface area contributed by atoms with Crippen molar-refractivity contribution >= 4 is 32.7 Å². The zero-order valence-electron chi connectivity index (χ0n) is 15.8. The quantitative estimate of drug-likeness (QED) is 0.630. The van der Waals surface area contributed by atoms with Crippen LogP contribution in [0.15, 0.2) is 77.7 Å². The van der Waals surface area contributed by atoms with Crippen molar-refractivity contribution in [1.82, 2.24) is 0 Å². The zero-order valence-corrected chi connectivity index (χ0v) is 16.6. The molecule has 3 aromatic rings. The molecule has 3 aromatic carbocycles. The summed E-state index contributed by atoms with van der Waals surface area (Å²) in [5.74, 6) is 0. The molecule has 0 radical (unpaired) electrons. The molecule has 1 aliphatic rings. The molecule has 0 aliphatic heterocycles. The summed E-state index contributed by atoms with van der Waals surface area (Å²) in [6.07, 6.45) is 2.37. The van der Waals surface area contributed by atoms with Gasteiger partial charge in [-0.05, 0) is 66.9 Å². The first kappa shape index (κ1) is 18.8. The summed E-state index contributed by atoms with van der Waals surface area (Å²) >= 11 is 0. The van der Waals surface area contributed by atoms with E-state index in [1.165, 1.54) is 0 Å². The number of hydrogen-bond donors (Lipinski definition) is 2. The summed E-state index contributed by atoms with van der Waals surface area (Å²) in [7, 11) is -3.75. The Hall–Kier alpha value is -3.56. The van der Waals surface area contributed by atoms with Gasteiger partial charge in [0.15, 0.2) is 0 Å². The molecule has 0 unspecified atom stereocenters. The van der Waals surface area contributed by atoms with Crippen LogP contribution in [0.2, 0.25) is 0 Å². The van der Waals surface area contributed by atoms with Crippen molar-refractivity contribution < 1.29 is 8.42 Å². The van der Waals surface area contributed by atoms with Crippen LogP contribution >= 0.6 is 0 Å². The lowest BCUT2D eigenvalue weighted by Gasteiger charge is -2.14. The topological polar surface area (TPSA) is 82.0 Å². The molecule has 5 nitrogen and oxygen atoms in total. The summed E-state index contributed by atoms with van der Waals surface area (Å²) in [6, 6.07) is 22.0. The average molecular weight is 401 g/mol. The van der Waals surface area contributed by atoms with Crippen molar-refractivity contribution in [2.45, 2.75) is 18.2 Å². The van der Waals surface area contributed by atoms with Crippen LogP contribution < -0.4 is 10.0 Å². The fourth-order valence-corrected chi connectivity index (χ4v) is 4.56. The molecule has 144 valence electrons. The van der Waals surface area contributed by atoms with Gasteiger partial charge in [0, 0.05) is 16.9 Å². The number of nitriles is 1. The second-order valence-corrected chi connectivity index (χ2v) is 8.52. The highest BCUT2D eigenvalue weighted by atomic mass is 32.2. The SMILES string of the molecule is Cc1ccc(NS(=O)(=O)c2ccc(Nc3ccccc3)cc2)c2c1C(C#N)=CC2. The molecule has 0 fully saturated rings. The molecule has 29 heavy (non-hydrogen) atoms. The summed E-state index contributed by atoms with van der Waals surface area (Å²) in [6.45, 7) is 1.92. The van der Waals surface area contributed by atoms with Crippen LogP contribution in [0.1, 0.15) is 16.7 Å². The van der Waals surface area contributed by atoms with Crippen LogP contribution in [0, 0.1) is 18.3 Å². The maximum absolute atomic E-state index is 12.9. The van der Waals surface area contributed by atoms with Crippen LogP contribution in [0.5, 0.6) is 0 Å². The Labute approximate surface area is 170 Å². The van der Waals surface area contributed by atoms with Gasteiger partial charge >= 0.3 is 0 Å². The molecule has 0 atom stereocenters. The lowest BCUT2D eigenvalue weighted by molar-refractivity contribution is 0.601. The zero-order chi connectivity index (χ0) is 20.4. The van der Waals surface area contributed by atoms with Crippen LogP contribution in [-0.2, 0) is 16.4 Å². The van der Waals surface area contributed by atoms with Gasteiger partial charge in [0.25, 0.3) is 10.0 Å². The molecular weight excluding hydrogens is 382 g/mol. The molecule has 0 saturated carbocycles. The third-order valence-corrected chi connectivity index (χ3v) is 6.27. The van der Waals surface area contributed by atoms with Gasteiger partial charge in [0.2, 0.25) is 0 Å². The first-order chi connectivity index (χ1) is 14.0. The Morgan fingerprint density at radius 3 is 2.31 bits per heavy atom. The van der Waals surface area contributed by atoms with Gasteiger partial charge in [-0.3, -0.25) is 4.72 Å². The highest BCUT2D eigenvalue weighted by molar-refractivity contribution is 7.92. The molecule has 0 bridgehead atoms. The van der Waals surface area contributed by atoms with Crippen molar-refractivity contribution in [3.63, 3.8) is 0 Å². The number of aryl methyl sites for hydroxylation is 1. The van der Waals surface area contributed by atoms with Gasteiger partial charge in [0.05, 0.1) is 22.2 Å². The number of benzene rings is 3. The summed E-state index contributed by atoms with van der Waals surface area (Å²) in [4.78, 5) is 0.178. The molecule has 2 N–H and O–H groups in total. The summed E-state index contributed by atoms with van der Waals surface area (Å²) in [5, 5.41) is 12.5. The Bertz CT molecular complexity index is 1240. The number of nitrogens with zero attached hydrogens (tertiary/aromatic N) is 1. The highest BCUT2D eigenvalue weighted by Gasteiger charge is 2.23. The van der Waals surface area contributed by atoms with E-state index < -0.39 is 10.0 Å². The van der Waals surface area contributed by atoms with Gasteiger partial charge in [0.1, 0.15) is 0 Å². The number of rotatable bonds is 5. The fraction of sp³-hybridized carbons (Fsp3) is 0.0870.